The van der Waals surface area contributed by atoms with Gasteiger partial charge in [0.1, 0.15) is 11.5 Å². The van der Waals surface area contributed by atoms with Gasteiger partial charge in [0.2, 0.25) is 11.8 Å². The van der Waals surface area contributed by atoms with E-state index in [4.69, 9.17) is 4.74 Å². The number of rotatable bonds is 3. The van der Waals surface area contributed by atoms with Crippen molar-refractivity contribution in [2.45, 2.75) is 25.4 Å². The third kappa shape index (κ3) is 3.27. The van der Waals surface area contributed by atoms with Gasteiger partial charge in [0.05, 0.1) is 16.5 Å². The molecular formula is C23H22F3N5O3. The lowest BCUT2D eigenvalue weighted by molar-refractivity contribution is -0.191. The maximum Gasteiger partial charge on any atom is 0.397 e. The Morgan fingerprint density at radius 1 is 1.18 bits per heavy atom. The van der Waals surface area contributed by atoms with Crippen LogP contribution in [0.5, 0.6) is 0 Å². The average molecular weight is 473 g/mol. The van der Waals surface area contributed by atoms with Crippen molar-refractivity contribution in [3.63, 3.8) is 0 Å². The summed E-state index contributed by atoms with van der Waals surface area (Å²) in [6, 6.07) is 8.51. The zero-order valence-corrected chi connectivity index (χ0v) is 18.1. The summed E-state index contributed by atoms with van der Waals surface area (Å²) in [6.45, 7) is 0.292. The number of nitriles is 1. The van der Waals surface area contributed by atoms with Crippen LogP contribution in [-0.2, 0) is 14.3 Å². The predicted molar refractivity (Wildman–Crippen MR) is 114 cm³/mol. The van der Waals surface area contributed by atoms with Crippen LogP contribution >= 0.6 is 0 Å². The fourth-order valence-corrected chi connectivity index (χ4v) is 5.42. The molecule has 2 atom stereocenters. The third-order valence-corrected chi connectivity index (χ3v) is 7.39. The summed E-state index contributed by atoms with van der Waals surface area (Å²) in [4.78, 5) is 31.2. The number of hydrogen-bond donors (Lipinski definition) is 2. The highest BCUT2D eigenvalue weighted by atomic mass is 19.4. The van der Waals surface area contributed by atoms with Crippen LogP contribution in [0.4, 0.5) is 18.9 Å². The number of benzene rings is 1. The largest absolute Gasteiger partial charge is 0.397 e. The van der Waals surface area contributed by atoms with Crippen LogP contribution in [0.2, 0.25) is 0 Å². The molecule has 8 nitrogen and oxygen atoms in total. The number of hydrazine groups is 1. The highest BCUT2D eigenvalue weighted by Gasteiger charge is 2.86. The minimum Gasteiger partial charge on any atom is -0.381 e. The second-order valence-corrected chi connectivity index (χ2v) is 9.17. The second-order valence-electron chi connectivity index (χ2n) is 9.17. The zero-order chi connectivity index (χ0) is 24.1. The number of ether oxygens (including phenoxy) is 1. The molecule has 3 heterocycles. The number of carbonyl (C=O) groups is 2. The number of piperidine rings is 1. The number of amides is 2. The molecule has 5 rings (SSSR count). The number of aromatic nitrogens is 1. The topological polar surface area (TPSA) is 107 Å². The fraction of sp³-hybridized carbons (Fsp3) is 0.478. The number of alkyl halides is 3. The first-order valence-electron chi connectivity index (χ1n) is 11.0. The Morgan fingerprint density at radius 2 is 1.94 bits per heavy atom. The molecule has 1 aromatic heterocycles. The van der Waals surface area contributed by atoms with E-state index in [1.165, 1.54) is 17.2 Å². The maximum atomic E-state index is 14.2. The summed E-state index contributed by atoms with van der Waals surface area (Å²) in [5.41, 5.74) is 1.86. The van der Waals surface area contributed by atoms with Crippen molar-refractivity contribution in [3.8, 4) is 6.07 Å². The summed E-state index contributed by atoms with van der Waals surface area (Å²) in [6.07, 6.45) is -2.45. The Morgan fingerprint density at radius 3 is 2.65 bits per heavy atom. The van der Waals surface area contributed by atoms with E-state index in [2.05, 4.69) is 15.8 Å². The quantitative estimate of drug-likeness (QED) is 0.664. The van der Waals surface area contributed by atoms with Gasteiger partial charge < -0.3 is 9.64 Å². The molecule has 0 bridgehead atoms. The van der Waals surface area contributed by atoms with E-state index in [9.17, 15) is 28.0 Å². The average Bonchev–Trinajstić information content (AvgIpc) is 3.39. The molecule has 2 saturated heterocycles. The Bertz CT molecular complexity index is 1210. The summed E-state index contributed by atoms with van der Waals surface area (Å²) < 4.78 is 47.9. The molecule has 2 aromatic rings. The summed E-state index contributed by atoms with van der Waals surface area (Å²) in [5, 5.41) is 9.90. The van der Waals surface area contributed by atoms with E-state index in [0.717, 1.165) is 0 Å². The number of hydrogen-bond acceptors (Lipinski definition) is 6. The smallest absolute Gasteiger partial charge is 0.381 e. The molecule has 1 aliphatic carbocycles. The molecule has 1 aromatic carbocycles. The molecule has 3 fully saturated rings. The Labute approximate surface area is 193 Å². The molecular weight excluding hydrogens is 451 g/mol. The van der Waals surface area contributed by atoms with Crippen molar-refractivity contribution >= 4 is 28.4 Å². The normalized spacial score (nSPS) is 26.6. The van der Waals surface area contributed by atoms with E-state index in [1.807, 2.05) is 6.07 Å². The first-order valence-corrected chi connectivity index (χ1v) is 11.0. The van der Waals surface area contributed by atoms with Crippen LogP contribution in [0, 0.1) is 28.1 Å². The molecule has 0 radical (unpaired) electrons. The van der Waals surface area contributed by atoms with Gasteiger partial charge in [-0.2, -0.15) is 18.4 Å². The van der Waals surface area contributed by atoms with Crippen LogP contribution in [0.3, 0.4) is 0 Å². The Balaban J connectivity index is 1.40. The van der Waals surface area contributed by atoms with Gasteiger partial charge in [-0.25, -0.2) is 0 Å². The van der Waals surface area contributed by atoms with E-state index in [1.54, 1.807) is 18.2 Å². The minimum atomic E-state index is -4.61. The first-order chi connectivity index (χ1) is 16.2. The molecule has 2 N–H and O–H groups in total. The van der Waals surface area contributed by atoms with Gasteiger partial charge >= 0.3 is 6.18 Å². The van der Waals surface area contributed by atoms with Gasteiger partial charge in [0, 0.05) is 49.5 Å². The highest BCUT2D eigenvalue weighted by Crippen LogP contribution is 2.75. The van der Waals surface area contributed by atoms with Gasteiger partial charge in [-0.05, 0) is 43.5 Å². The van der Waals surface area contributed by atoms with Gasteiger partial charge in [-0.3, -0.25) is 25.4 Å². The second kappa shape index (κ2) is 7.84. The standard InChI is InChI=1S/C23H22F3N5O3/c24-23(25,26)22-11-21(22,20(33)30-29-19(32)14-5-8-34-9-6-14)12-31(13-22)17-4-3-15(10-27)18-16(17)2-1-7-28-18/h1-4,7,14H,5-6,8-9,11-13H2,(H,29,32)(H,30,33)/t21-,22-/m0/s1. The van der Waals surface area contributed by atoms with Crippen LogP contribution in [0.15, 0.2) is 30.5 Å². The lowest BCUT2D eigenvalue weighted by atomic mass is 9.95. The summed E-state index contributed by atoms with van der Waals surface area (Å²) in [7, 11) is 0. The molecule has 0 unspecified atom stereocenters. The maximum absolute atomic E-state index is 14.2. The molecule has 178 valence electrons. The van der Waals surface area contributed by atoms with E-state index in [-0.39, 0.29) is 18.9 Å². The minimum absolute atomic E-state index is 0.165. The zero-order valence-electron chi connectivity index (χ0n) is 18.1. The van der Waals surface area contributed by atoms with Gasteiger partial charge in [-0.15, -0.1) is 0 Å². The number of pyridine rings is 1. The van der Waals surface area contributed by atoms with Crippen LogP contribution in [-0.4, -0.2) is 49.3 Å². The van der Waals surface area contributed by atoms with E-state index < -0.39 is 35.4 Å². The number of halogens is 3. The third-order valence-electron chi connectivity index (χ3n) is 7.39. The number of fused-ring (bicyclic) bond motifs is 2. The van der Waals surface area contributed by atoms with E-state index >= 15 is 0 Å². The molecule has 2 aliphatic heterocycles. The summed E-state index contributed by atoms with van der Waals surface area (Å²) in [5.74, 6) is -1.62. The summed E-state index contributed by atoms with van der Waals surface area (Å²) >= 11 is 0. The van der Waals surface area contributed by atoms with Gasteiger partial charge in [0.25, 0.3) is 0 Å². The lowest BCUT2D eigenvalue weighted by Gasteiger charge is -2.25. The molecule has 34 heavy (non-hydrogen) atoms. The van der Waals surface area contributed by atoms with Crippen molar-refractivity contribution in [2.75, 3.05) is 31.2 Å². The lowest BCUT2D eigenvalue weighted by Crippen LogP contribution is -2.50. The molecule has 0 spiro atoms. The Kier molecular flexibility index (Phi) is 5.16. The van der Waals surface area contributed by atoms with Crippen molar-refractivity contribution in [1.29, 1.82) is 5.26 Å². The van der Waals surface area contributed by atoms with Gasteiger partial charge in [-0.1, -0.05) is 0 Å². The van der Waals surface area contributed by atoms with Crippen LogP contribution in [0.25, 0.3) is 10.9 Å². The molecule has 3 aliphatic rings. The highest BCUT2D eigenvalue weighted by molar-refractivity contribution is 5.97. The monoisotopic (exact) mass is 473 g/mol. The van der Waals surface area contributed by atoms with Crippen molar-refractivity contribution < 1.29 is 27.5 Å². The van der Waals surface area contributed by atoms with Gasteiger partial charge in [0.15, 0.2) is 0 Å². The SMILES string of the molecule is N#Cc1ccc(N2C[C@]3(C(=O)NNC(=O)C4CCOCC4)C[C@]3(C(F)(F)F)C2)c2cccnc12. The first kappa shape index (κ1) is 22.4. The van der Waals surface area contributed by atoms with Crippen LogP contribution in [0.1, 0.15) is 24.8 Å². The van der Waals surface area contributed by atoms with Crippen molar-refractivity contribution in [1.82, 2.24) is 15.8 Å². The molecule has 1 saturated carbocycles. The van der Waals surface area contributed by atoms with Crippen molar-refractivity contribution in [3.05, 3.63) is 36.0 Å². The Hall–Kier alpha value is -3.39. The predicted octanol–water partition coefficient (Wildman–Crippen LogP) is 2.44. The number of carbonyl (C=O) groups excluding carboxylic acids is 2. The molecule has 11 heteroatoms. The van der Waals surface area contributed by atoms with E-state index in [0.29, 0.717) is 48.2 Å². The number of nitrogens with zero attached hydrogens (tertiary/aromatic N) is 3. The number of nitrogens with one attached hydrogen (secondary N) is 2. The fourth-order valence-electron chi connectivity index (χ4n) is 5.42. The molecule has 2 amide bonds. The van der Waals surface area contributed by atoms with Crippen molar-refractivity contribution in [2.24, 2.45) is 16.7 Å². The van der Waals surface area contributed by atoms with Crippen LogP contribution < -0.4 is 15.8 Å². The number of anilines is 1.